The molecule has 1 saturated heterocycles. The van der Waals surface area contributed by atoms with Crippen LogP contribution in [0.4, 0.5) is 11.9 Å². The van der Waals surface area contributed by atoms with Crippen molar-refractivity contribution in [3.8, 4) is 5.75 Å². The molecule has 3 N–H and O–H groups in total. The smallest absolute Gasteiger partial charge is 0.241 e. The van der Waals surface area contributed by atoms with Gasteiger partial charge < -0.3 is 20.5 Å². The highest BCUT2D eigenvalue weighted by molar-refractivity contribution is 5.43. The molecule has 1 fully saturated rings. The zero-order valence-corrected chi connectivity index (χ0v) is 16.6. The van der Waals surface area contributed by atoms with Gasteiger partial charge in [0.15, 0.2) is 0 Å². The maximum atomic E-state index is 6.16. The van der Waals surface area contributed by atoms with Gasteiger partial charge in [-0.3, -0.25) is 4.90 Å². The van der Waals surface area contributed by atoms with E-state index >= 15 is 0 Å². The maximum Gasteiger partial charge on any atom is 0.241 e. The number of nitrogens with zero attached hydrogens (tertiary/aromatic N) is 4. The molecule has 0 saturated carbocycles. The van der Waals surface area contributed by atoms with Gasteiger partial charge in [-0.15, -0.1) is 5.10 Å². The van der Waals surface area contributed by atoms with Crippen LogP contribution < -0.4 is 15.8 Å². The Morgan fingerprint density at radius 3 is 2.96 bits per heavy atom. The van der Waals surface area contributed by atoms with Gasteiger partial charge in [-0.1, -0.05) is 12.1 Å². The third-order valence-electron chi connectivity index (χ3n) is 5.56. The quantitative estimate of drug-likeness (QED) is 0.703. The van der Waals surface area contributed by atoms with Crippen molar-refractivity contribution >= 4 is 11.9 Å². The Morgan fingerprint density at radius 1 is 1.32 bits per heavy atom. The molecule has 152 valence electrons. The number of anilines is 2. The van der Waals surface area contributed by atoms with Crippen LogP contribution in [0.5, 0.6) is 5.75 Å². The second-order valence-corrected chi connectivity index (χ2v) is 7.43. The van der Waals surface area contributed by atoms with E-state index in [-0.39, 0.29) is 5.95 Å². The van der Waals surface area contributed by atoms with Gasteiger partial charge in [0.05, 0.1) is 19.8 Å². The Morgan fingerprint density at radius 2 is 2.18 bits per heavy atom. The largest absolute Gasteiger partial charge is 0.493 e. The van der Waals surface area contributed by atoms with Crippen LogP contribution in [-0.2, 0) is 18.2 Å². The Labute approximate surface area is 166 Å². The fraction of sp³-hybridized carbons (Fsp3) is 0.600. The minimum absolute atomic E-state index is 0.284. The van der Waals surface area contributed by atoms with Crippen LogP contribution in [0.3, 0.4) is 0 Å². The molecule has 1 aliphatic carbocycles. The number of nitrogen functional groups attached to an aromatic ring is 1. The molecule has 1 aromatic heterocycles. The molecule has 1 aromatic carbocycles. The molecule has 2 aromatic rings. The molecular weight excluding hydrogens is 356 g/mol. The molecule has 28 heavy (non-hydrogen) atoms. The molecule has 1 aliphatic heterocycles. The van der Waals surface area contributed by atoms with E-state index in [0.29, 0.717) is 18.6 Å². The number of morpholine rings is 1. The van der Waals surface area contributed by atoms with Crippen LogP contribution in [0.15, 0.2) is 18.2 Å². The summed E-state index contributed by atoms with van der Waals surface area (Å²) in [6.07, 6.45) is 4.41. The van der Waals surface area contributed by atoms with Crippen molar-refractivity contribution in [2.45, 2.75) is 31.7 Å². The van der Waals surface area contributed by atoms with Crippen molar-refractivity contribution in [1.29, 1.82) is 0 Å². The normalized spacial score (nSPS) is 20.0. The van der Waals surface area contributed by atoms with Gasteiger partial charge in [0.1, 0.15) is 5.75 Å². The van der Waals surface area contributed by atoms with E-state index in [1.54, 1.807) is 4.68 Å². The van der Waals surface area contributed by atoms with Gasteiger partial charge >= 0.3 is 0 Å². The second-order valence-electron chi connectivity index (χ2n) is 7.43. The monoisotopic (exact) mass is 386 g/mol. The summed E-state index contributed by atoms with van der Waals surface area (Å²) in [7, 11) is 1.82. The van der Waals surface area contributed by atoms with Crippen LogP contribution in [0, 0.1) is 0 Å². The van der Waals surface area contributed by atoms with Crippen molar-refractivity contribution in [2.24, 2.45) is 7.05 Å². The molecule has 2 aliphatic rings. The average molecular weight is 387 g/mol. The van der Waals surface area contributed by atoms with Crippen LogP contribution in [-0.4, -0.2) is 59.1 Å². The summed E-state index contributed by atoms with van der Waals surface area (Å²) < 4.78 is 13.3. The van der Waals surface area contributed by atoms with E-state index in [9.17, 15) is 0 Å². The first-order valence-corrected chi connectivity index (χ1v) is 10.2. The van der Waals surface area contributed by atoms with Crippen molar-refractivity contribution in [3.63, 3.8) is 0 Å². The second kappa shape index (κ2) is 8.79. The first-order chi connectivity index (χ1) is 13.7. The minimum Gasteiger partial charge on any atom is -0.493 e. The number of hydrogen-bond donors (Lipinski definition) is 2. The third kappa shape index (κ3) is 4.23. The standard InChI is InChI=1S/C20H30N6O2/c1-25-20(23-19(21)24-25)22-9-4-12-28-18-8-3-5-15-16(18)6-2-7-17(15)26-10-13-27-14-11-26/h3,5,8,17H,2,4,6-7,9-14H2,1H3,(H3,21,22,23,24). The summed E-state index contributed by atoms with van der Waals surface area (Å²) in [5, 5.41) is 7.27. The van der Waals surface area contributed by atoms with Crippen LogP contribution in [0.1, 0.15) is 36.4 Å². The van der Waals surface area contributed by atoms with Gasteiger partial charge in [0.25, 0.3) is 0 Å². The Bertz CT molecular complexity index is 787. The van der Waals surface area contributed by atoms with E-state index in [0.717, 1.165) is 51.4 Å². The van der Waals surface area contributed by atoms with Crippen LogP contribution >= 0.6 is 0 Å². The molecule has 1 unspecified atom stereocenters. The van der Waals surface area contributed by atoms with E-state index in [1.807, 2.05) is 7.05 Å². The van der Waals surface area contributed by atoms with Crippen LogP contribution in [0.25, 0.3) is 0 Å². The van der Waals surface area contributed by atoms with Gasteiger partial charge in [0, 0.05) is 32.7 Å². The van der Waals surface area contributed by atoms with Gasteiger partial charge in [-0.05, 0) is 42.9 Å². The number of ether oxygens (including phenoxy) is 2. The molecule has 8 heteroatoms. The lowest BCUT2D eigenvalue weighted by molar-refractivity contribution is 0.0123. The summed E-state index contributed by atoms with van der Waals surface area (Å²) in [6.45, 7) is 5.15. The Kier molecular flexibility index (Phi) is 5.97. The molecule has 0 spiro atoms. The lowest BCUT2D eigenvalue weighted by Gasteiger charge is -2.38. The summed E-state index contributed by atoms with van der Waals surface area (Å²) in [4.78, 5) is 6.71. The summed E-state index contributed by atoms with van der Waals surface area (Å²) in [5.41, 5.74) is 8.43. The minimum atomic E-state index is 0.284. The predicted octanol–water partition coefficient (Wildman–Crippen LogP) is 1.99. The Hall–Kier alpha value is -2.32. The fourth-order valence-electron chi connectivity index (χ4n) is 4.21. The lowest BCUT2D eigenvalue weighted by atomic mass is 9.86. The third-order valence-corrected chi connectivity index (χ3v) is 5.56. The first kappa shape index (κ1) is 19.0. The van der Waals surface area contributed by atoms with Gasteiger partial charge in [0.2, 0.25) is 11.9 Å². The number of hydrogen-bond acceptors (Lipinski definition) is 7. The van der Waals surface area contributed by atoms with Crippen molar-refractivity contribution < 1.29 is 9.47 Å². The number of benzene rings is 1. The lowest BCUT2D eigenvalue weighted by Crippen LogP contribution is -2.40. The van der Waals surface area contributed by atoms with Crippen molar-refractivity contribution in [1.82, 2.24) is 19.7 Å². The highest BCUT2D eigenvalue weighted by atomic mass is 16.5. The number of aromatic nitrogens is 3. The molecule has 0 bridgehead atoms. The number of fused-ring (bicyclic) bond motifs is 1. The Balaban J connectivity index is 1.33. The number of nitrogens with one attached hydrogen (secondary N) is 1. The first-order valence-electron chi connectivity index (χ1n) is 10.2. The van der Waals surface area contributed by atoms with Gasteiger partial charge in [-0.2, -0.15) is 4.98 Å². The molecule has 1 atom stereocenters. The summed E-state index contributed by atoms with van der Waals surface area (Å²) >= 11 is 0. The summed E-state index contributed by atoms with van der Waals surface area (Å²) in [6, 6.07) is 7.02. The predicted molar refractivity (Wildman–Crippen MR) is 109 cm³/mol. The topological polar surface area (TPSA) is 90.5 Å². The molecule has 8 nitrogen and oxygen atoms in total. The van der Waals surface area contributed by atoms with E-state index < -0.39 is 0 Å². The molecule has 0 radical (unpaired) electrons. The zero-order valence-electron chi connectivity index (χ0n) is 16.6. The van der Waals surface area contributed by atoms with E-state index in [1.165, 1.54) is 24.0 Å². The zero-order chi connectivity index (χ0) is 19.3. The highest BCUT2D eigenvalue weighted by Gasteiger charge is 2.28. The molecule has 2 heterocycles. The van der Waals surface area contributed by atoms with Gasteiger partial charge in [-0.25, -0.2) is 4.68 Å². The molecule has 0 amide bonds. The number of aryl methyl sites for hydroxylation is 1. The SMILES string of the molecule is Cn1nc(N)nc1NCCCOc1cccc2c1CCCC2N1CCOCC1. The van der Waals surface area contributed by atoms with E-state index in [2.05, 4.69) is 38.5 Å². The maximum absolute atomic E-state index is 6.16. The van der Waals surface area contributed by atoms with Crippen LogP contribution in [0.2, 0.25) is 0 Å². The van der Waals surface area contributed by atoms with E-state index in [4.69, 9.17) is 15.2 Å². The number of nitrogens with two attached hydrogens (primary N) is 1. The fourth-order valence-corrected chi connectivity index (χ4v) is 4.21. The molecule has 4 rings (SSSR count). The average Bonchev–Trinajstić information content (AvgIpc) is 3.05. The summed E-state index contributed by atoms with van der Waals surface area (Å²) in [5.74, 6) is 2.01. The van der Waals surface area contributed by atoms with Crippen molar-refractivity contribution in [2.75, 3.05) is 50.5 Å². The number of rotatable bonds is 7. The van der Waals surface area contributed by atoms with Crippen molar-refractivity contribution in [3.05, 3.63) is 29.3 Å². The molecular formula is C20H30N6O2. The highest BCUT2D eigenvalue weighted by Crippen LogP contribution is 2.38.